The third-order valence-electron chi connectivity index (χ3n) is 20.8. The molecular weight excluding hydrogens is 1080 g/mol. The van der Waals surface area contributed by atoms with Crippen molar-refractivity contribution >= 4 is 21.8 Å². The van der Waals surface area contributed by atoms with Crippen LogP contribution in [0.25, 0.3) is 0 Å². The van der Waals surface area contributed by atoms with Gasteiger partial charge in [0.2, 0.25) is 15.9 Å². The van der Waals surface area contributed by atoms with Crippen molar-refractivity contribution in [1.82, 2.24) is 39.8 Å². The number of fused-ring (bicyclic) bond motifs is 6. The molecule has 4 aliphatic carbocycles. The minimum absolute atomic E-state index is 0. The van der Waals surface area contributed by atoms with Gasteiger partial charge in [0.25, 0.3) is 5.91 Å². The Balaban J connectivity index is 0.000000208. The van der Waals surface area contributed by atoms with Crippen LogP contribution in [0.3, 0.4) is 0 Å². The lowest BCUT2D eigenvalue weighted by Gasteiger charge is -2.47. The molecule has 3 atom stereocenters. The zero-order valence-electron chi connectivity index (χ0n) is 54.3. The molecule has 14 heteroatoms. The molecule has 11 rings (SSSR count). The number of sulfonamides is 1. The Kier molecular flexibility index (Phi) is 20.1. The number of nitrogens with zero attached hydrogens (tertiary/aromatic N) is 5. The Bertz CT molecular complexity index is 3030. The van der Waals surface area contributed by atoms with E-state index < -0.39 is 10.0 Å². The number of piperidine rings is 3. The van der Waals surface area contributed by atoms with Crippen LogP contribution in [0.5, 0.6) is 0 Å². The highest BCUT2D eigenvalue weighted by molar-refractivity contribution is 7.88. The Morgan fingerprint density at radius 3 is 1.38 bits per heavy atom. The topological polar surface area (TPSA) is 132 Å². The van der Waals surface area contributed by atoms with Gasteiger partial charge in [-0.3, -0.25) is 14.3 Å². The molecular formula is C71H113FN8O4S. The molecule has 12 nitrogen and oxygen atoms in total. The van der Waals surface area contributed by atoms with Crippen molar-refractivity contribution < 1.29 is 26.7 Å². The molecule has 85 heavy (non-hydrogen) atoms. The minimum Gasteiger partial charge on any atom is -0.349 e. The van der Waals surface area contributed by atoms with Gasteiger partial charge >= 0.3 is 0 Å². The van der Waals surface area contributed by atoms with Crippen LogP contribution in [0.15, 0.2) is 72.8 Å². The summed E-state index contributed by atoms with van der Waals surface area (Å²) in [5.41, 5.74) is 10.7. The van der Waals surface area contributed by atoms with Crippen molar-refractivity contribution in [2.45, 2.75) is 213 Å². The molecule has 0 unspecified atom stereocenters. The van der Waals surface area contributed by atoms with Crippen LogP contribution in [-0.4, -0.2) is 110 Å². The molecule has 3 saturated heterocycles. The number of halogens is 1. The quantitative estimate of drug-likeness (QED) is 0.128. The van der Waals surface area contributed by atoms with Crippen LogP contribution in [0.2, 0.25) is 0 Å². The number of hydrogen-bond donors (Lipinski definition) is 3. The third kappa shape index (κ3) is 16.8. The van der Waals surface area contributed by atoms with Crippen LogP contribution < -0.4 is 15.4 Å². The first-order valence-corrected chi connectivity index (χ1v) is 34.6. The highest BCUT2D eigenvalue weighted by Crippen LogP contribution is 2.51. The van der Waals surface area contributed by atoms with Gasteiger partial charge in [-0.25, -0.2) is 17.5 Å². The number of aromatic nitrogens is 2. The van der Waals surface area contributed by atoms with Crippen molar-refractivity contribution in [3.8, 4) is 0 Å². The van der Waals surface area contributed by atoms with Gasteiger partial charge in [0.15, 0.2) is 0 Å². The van der Waals surface area contributed by atoms with Crippen molar-refractivity contribution in [3.63, 3.8) is 0 Å². The molecule has 0 radical (unpaired) electrons. The number of benzene rings is 3. The summed E-state index contributed by atoms with van der Waals surface area (Å²) in [5.74, 6) is 0.217. The smallest absolute Gasteiger partial charge is 0.272 e. The van der Waals surface area contributed by atoms with E-state index in [1.807, 2.05) is 26.1 Å². The number of aryl methyl sites for hydroxylation is 2. The lowest BCUT2D eigenvalue weighted by molar-refractivity contribution is -0.123. The van der Waals surface area contributed by atoms with E-state index in [0.29, 0.717) is 33.3 Å². The third-order valence-corrected chi connectivity index (χ3v) is 21.5. The van der Waals surface area contributed by atoms with E-state index in [9.17, 15) is 22.4 Å². The van der Waals surface area contributed by atoms with Gasteiger partial charge < -0.3 is 25.3 Å². The molecule has 3 aliphatic heterocycles. The van der Waals surface area contributed by atoms with Gasteiger partial charge in [0.1, 0.15) is 11.5 Å². The fourth-order valence-electron chi connectivity index (χ4n) is 14.9. The fraction of sp³-hybridized carbons (Fsp3) is 0.676. The molecule has 7 aliphatic rings. The van der Waals surface area contributed by atoms with Crippen molar-refractivity contribution in [2.24, 2.45) is 29.2 Å². The molecule has 4 heterocycles. The molecule has 2 amide bonds. The molecule has 3 N–H and O–H groups in total. The standard InChI is InChI=1S/C26H37FN4O.C24H36N2O.C21H34N2O2S.3H2/c1-18-16-23(29-30(18)5)24(32)28-22-8-9-26(21-17-19(27)6-7-20(21)22)11-14-31(15-12-26)13-10-25(2,3)4;1-23(2,3)12-15-26-16-13-24(14-17-26)11-10-21(25-22(27)18-8-9-18)19-6-4-5-7-20(19)24;1-20(2,3)11-14-23-15-12-21(13-16-23)10-9-19(22-26(4,24)25)17-7-5-6-8-18(17)21;;;/h6-7,16-17,22H,8-15H2,1-5H3,(H,28,32);4-7,18,21H,8-17H2,1-3H3,(H,25,27);5-8,19,22H,9-16H2,1-4H3;3*1H/t22-;21-;19-;;;/m010.../s1. The van der Waals surface area contributed by atoms with Crippen LogP contribution in [-0.2, 0) is 38.1 Å². The average Bonchev–Trinajstić information content (AvgIpc) is 2.20. The predicted molar refractivity (Wildman–Crippen MR) is 350 cm³/mol. The fourth-order valence-corrected chi connectivity index (χ4v) is 15.6. The van der Waals surface area contributed by atoms with Gasteiger partial charge in [-0.1, -0.05) is 117 Å². The van der Waals surface area contributed by atoms with Crippen molar-refractivity contribution in [3.05, 3.63) is 123 Å². The first kappa shape index (κ1) is 65.0. The normalized spacial score (nSPS) is 23.1. The van der Waals surface area contributed by atoms with E-state index in [4.69, 9.17) is 0 Å². The highest BCUT2D eigenvalue weighted by atomic mass is 32.2. The zero-order valence-corrected chi connectivity index (χ0v) is 55.1. The van der Waals surface area contributed by atoms with E-state index >= 15 is 0 Å². The van der Waals surface area contributed by atoms with Gasteiger partial charge in [0.05, 0.1) is 18.3 Å². The van der Waals surface area contributed by atoms with E-state index in [2.05, 4.69) is 140 Å². The number of amides is 2. The van der Waals surface area contributed by atoms with Crippen molar-refractivity contribution in [1.29, 1.82) is 0 Å². The number of nitrogens with one attached hydrogen (secondary N) is 3. The lowest BCUT2D eigenvalue weighted by atomic mass is 9.63. The molecule has 1 saturated carbocycles. The van der Waals surface area contributed by atoms with Crippen LogP contribution in [0, 0.1) is 34.9 Å². The number of likely N-dealkylation sites (tertiary alicyclic amines) is 3. The van der Waals surface area contributed by atoms with Crippen LogP contribution in [0.1, 0.15) is 243 Å². The average molecular weight is 1190 g/mol. The summed E-state index contributed by atoms with van der Waals surface area (Å²) in [5, 5.41) is 10.8. The number of hydrogen-bond acceptors (Lipinski definition) is 8. The summed E-state index contributed by atoms with van der Waals surface area (Å²) >= 11 is 0. The summed E-state index contributed by atoms with van der Waals surface area (Å²) in [6.07, 6.45) is 20.2. The van der Waals surface area contributed by atoms with E-state index in [-0.39, 0.29) is 50.9 Å². The number of rotatable bonds is 12. The summed E-state index contributed by atoms with van der Waals surface area (Å²) in [4.78, 5) is 33.0. The summed E-state index contributed by atoms with van der Waals surface area (Å²) in [6, 6.07) is 24.4. The van der Waals surface area contributed by atoms with Crippen LogP contribution >= 0.6 is 0 Å². The number of carbonyl (C=O) groups is 2. The molecule has 3 spiro atoms. The molecule has 3 aromatic carbocycles. The van der Waals surface area contributed by atoms with Gasteiger partial charge in [0, 0.05) is 29.0 Å². The van der Waals surface area contributed by atoms with Gasteiger partial charge in [-0.15, -0.1) is 0 Å². The molecule has 4 fully saturated rings. The summed E-state index contributed by atoms with van der Waals surface area (Å²) < 4.78 is 42.4. The number of carbonyl (C=O) groups excluding carboxylic acids is 2. The molecule has 4 aromatic rings. The Labute approximate surface area is 516 Å². The summed E-state index contributed by atoms with van der Waals surface area (Å²) in [7, 11) is -1.36. The van der Waals surface area contributed by atoms with E-state index in [1.165, 1.54) is 112 Å². The SMILES string of the molecule is CC(C)(C)CCN1CCC2(CC[C@@H](NC(=O)C3CC3)c3ccccc32)CC1.CC(C)(C)CCN1CCC2(CC[C@H](NS(C)(=O)=O)c3ccccc32)CC1.Cc1cc(C(=O)N[C@H]2CCC3(CCN(CCC(C)(C)C)CC3)c3cc(F)ccc32)nn1C.[HH].[HH].[HH]. The monoisotopic (exact) mass is 1190 g/mol. The van der Waals surface area contributed by atoms with Crippen LogP contribution in [0.4, 0.5) is 4.39 Å². The zero-order chi connectivity index (χ0) is 61.2. The Morgan fingerprint density at radius 2 is 0.965 bits per heavy atom. The maximum atomic E-state index is 14.4. The molecule has 474 valence electrons. The lowest BCUT2D eigenvalue weighted by Crippen LogP contribution is -2.46. The van der Waals surface area contributed by atoms with E-state index in [1.54, 1.807) is 16.8 Å². The second kappa shape index (κ2) is 26.3. The molecule has 1 aromatic heterocycles. The van der Waals surface area contributed by atoms with Gasteiger partial charge in [-0.2, -0.15) is 5.10 Å². The highest BCUT2D eigenvalue weighted by Gasteiger charge is 2.46. The summed E-state index contributed by atoms with van der Waals surface area (Å²) in [6.45, 7) is 33.1. The Morgan fingerprint density at radius 1 is 0.565 bits per heavy atom. The molecule has 0 bridgehead atoms. The predicted octanol–water partition coefficient (Wildman–Crippen LogP) is 14.3. The largest absolute Gasteiger partial charge is 0.349 e. The maximum absolute atomic E-state index is 14.4. The maximum Gasteiger partial charge on any atom is 0.272 e. The van der Waals surface area contributed by atoms with E-state index in [0.717, 1.165) is 107 Å². The first-order chi connectivity index (χ1) is 40.0. The Hall–Kier alpha value is -4.47. The van der Waals surface area contributed by atoms with Crippen molar-refractivity contribution in [2.75, 3.05) is 65.2 Å². The van der Waals surface area contributed by atoms with Gasteiger partial charge in [-0.05, 0) is 259 Å². The minimum atomic E-state index is -3.20. The second-order valence-corrected chi connectivity index (χ2v) is 32.7. The first-order valence-electron chi connectivity index (χ1n) is 32.8. The second-order valence-electron chi connectivity index (χ2n) is 30.9.